The molecule has 0 spiro atoms. The van der Waals surface area contributed by atoms with Gasteiger partial charge in [0.2, 0.25) is 11.5 Å². The molecule has 0 aliphatic heterocycles. The molecule has 0 bridgehead atoms. The number of anilines is 1. The third-order valence-corrected chi connectivity index (χ3v) is 3.61. The van der Waals surface area contributed by atoms with E-state index in [1.807, 2.05) is 0 Å². The van der Waals surface area contributed by atoms with Crippen molar-refractivity contribution in [3.63, 3.8) is 0 Å². The molecule has 0 saturated carbocycles. The molecule has 0 saturated heterocycles. The number of hydrogen-bond donors (Lipinski definition) is 1. The van der Waals surface area contributed by atoms with Gasteiger partial charge in [0.25, 0.3) is 0 Å². The predicted octanol–water partition coefficient (Wildman–Crippen LogP) is 3.53. The Morgan fingerprint density at radius 2 is 1.75 bits per heavy atom. The first-order valence-corrected chi connectivity index (χ1v) is 6.93. The maximum Gasteiger partial charge on any atom is 0.425 e. The molecule has 1 heterocycles. The molecule has 8 heteroatoms. The largest absolute Gasteiger partial charge is 0.463 e. The number of hydrogen-bond acceptors (Lipinski definition) is 3. The van der Waals surface area contributed by atoms with Crippen LogP contribution in [-0.4, -0.2) is 24.2 Å². The van der Waals surface area contributed by atoms with E-state index in [1.165, 1.54) is 32.2 Å². The van der Waals surface area contributed by atoms with Gasteiger partial charge in [0.05, 0.1) is 6.42 Å². The molecular weight excluding hydrogens is 330 g/mol. The highest BCUT2D eigenvalue weighted by atomic mass is 19.4. The van der Waals surface area contributed by atoms with E-state index in [9.17, 15) is 27.5 Å². The molecule has 1 amide bonds. The smallest absolute Gasteiger partial charge is 0.425 e. The summed E-state index contributed by atoms with van der Waals surface area (Å²) in [5.41, 5.74) is -3.26. The highest BCUT2D eigenvalue weighted by molar-refractivity contribution is 5.93. The Kier molecular flexibility index (Phi) is 4.70. The molecule has 0 aliphatic carbocycles. The summed E-state index contributed by atoms with van der Waals surface area (Å²) < 4.78 is 57.8. The number of halogens is 4. The van der Waals surface area contributed by atoms with Crippen molar-refractivity contribution >= 4 is 11.6 Å². The molecule has 4 nitrogen and oxygen atoms in total. The zero-order valence-electron chi connectivity index (χ0n) is 12.9. The molecule has 130 valence electrons. The van der Waals surface area contributed by atoms with Crippen molar-refractivity contribution in [2.75, 3.05) is 11.9 Å². The minimum absolute atomic E-state index is 0.173. The number of aryl methyl sites for hydroxylation is 1. The Morgan fingerprint density at radius 3 is 2.21 bits per heavy atom. The number of aliphatic hydroxyl groups is 1. The number of carbonyl (C=O) groups is 1. The molecule has 0 aliphatic rings. The van der Waals surface area contributed by atoms with Crippen molar-refractivity contribution in [3.8, 4) is 0 Å². The summed E-state index contributed by atoms with van der Waals surface area (Å²) in [4.78, 5) is 13.1. The van der Waals surface area contributed by atoms with Crippen molar-refractivity contribution in [1.82, 2.24) is 0 Å². The molecule has 1 aromatic heterocycles. The van der Waals surface area contributed by atoms with Crippen LogP contribution in [0.4, 0.5) is 23.2 Å². The lowest BCUT2D eigenvalue weighted by Gasteiger charge is -2.29. The Balaban J connectivity index is 2.29. The molecule has 2 aromatic rings. The number of amides is 1. The van der Waals surface area contributed by atoms with E-state index in [1.54, 1.807) is 0 Å². The van der Waals surface area contributed by atoms with E-state index < -0.39 is 35.7 Å². The Labute approximate surface area is 135 Å². The van der Waals surface area contributed by atoms with Crippen molar-refractivity contribution < 1.29 is 31.9 Å². The van der Waals surface area contributed by atoms with Gasteiger partial charge in [0.15, 0.2) is 0 Å². The van der Waals surface area contributed by atoms with Crippen LogP contribution in [0.2, 0.25) is 0 Å². The zero-order valence-corrected chi connectivity index (χ0v) is 12.9. The first kappa shape index (κ1) is 18.0. The lowest BCUT2D eigenvalue weighted by Crippen LogP contribution is -2.46. The van der Waals surface area contributed by atoms with Gasteiger partial charge >= 0.3 is 6.18 Å². The summed E-state index contributed by atoms with van der Waals surface area (Å²) in [7, 11) is 1.24. The summed E-state index contributed by atoms with van der Waals surface area (Å²) in [5.74, 6) is -2.13. The summed E-state index contributed by atoms with van der Waals surface area (Å²) in [6.45, 7) is 1.42. The van der Waals surface area contributed by atoms with Crippen molar-refractivity contribution in [2.45, 2.75) is 25.1 Å². The molecule has 1 N–H and O–H groups in total. The molecule has 0 radical (unpaired) electrons. The van der Waals surface area contributed by atoms with Crippen LogP contribution < -0.4 is 4.90 Å². The maximum absolute atomic E-state index is 13.3. The summed E-state index contributed by atoms with van der Waals surface area (Å²) in [6.07, 6.45) is -6.38. The van der Waals surface area contributed by atoms with E-state index in [0.29, 0.717) is 0 Å². The second kappa shape index (κ2) is 6.27. The molecule has 0 fully saturated rings. The topological polar surface area (TPSA) is 53.7 Å². The van der Waals surface area contributed by atoms with Crippen LogP contribution in [0.25, 0.3) is 0 Å². The van der Waals surface area contributed by atoms with E-state index in [0.717, 1.165) is 23.1 Å². The first-order valence-electron chi connectivity index (χ1n) is 6.93. The van der Waals surface area contributed by atoms with E-state index in [4.69, 9.17) is 4.42 Å². The monoisotopic (exact) mass is 345 g/mol. The van der Waals surface area contributed by atoms with Gasteiger partial charge in [-0.15, -0.1) is 0 Å². The van der Waals surface area contributed by atoms with Gasteiger partial charge in [-0.05, 0) is 43.3 Å². The van der Waals surface area contributed by atoms with E-state index >= 15 is 0 Å². The fourth-order valence-electron chi connectivity index (χ4n) is 2.13. The summed E-state index contributed by atoms with van der Waals surface area (Å²) in [6, 6.07) is 6.89. The van der Waals surface area contributed by atoms with Crippen molar-refractivity contribution in [3.05, 3.63) is 53.7 Å². The summed E-state index contributed by atoms with van der Waals surface area (Å²) in [5, 5.41) is 10.1. The fraction of sp³-hybridized carbons (Fsp3) is 0.312. The Morgan fingerprint density at radius 1 is 1.17 bits per heavy atom. The molecule has 24 heavy (non-hydrogen) atoms. The van der Waals surface area contributed by atoms with Crippen molar-refractivity contribution in [1.29, 1.82) is 0 Å². The van der Waals surface area contributed by atoms with Crippen LogP contribution in [0.15, 0.2) is 40.8 Å². The average molecular weight is 345 g/mol. The maximum atomic E-state index is 13.3. The Hall–Kier alpha value is -2.35. The van der Waals surface area contributed by atoms with Crippen LogP contribution in [0, 0.1) is 12.7 Å². The molecule has 1 aromatic carbocycles. The lowest BCUT2D eigenvalue weighted by atomic mass is 9.95. The van der Waals surface area contributed by atoms with E-state index in [-0.39, 0.29) is 11.4 Å². The number of benzene rings is 1. The molecule has 1 unspecified atom stereocenters. The SMILES string of the molecule is Cc1ccc(C(O)(CC(=O)N(C)c2ccc(F)cc2)C(F)(F)F)o1. The van der Waals surface area contributed by atoms with Gasteiger partial charge in [0, 0.05) is 12.7 Å². The molecule has 1 atom stereocenters. The highest BCUT2D eigenvalue weighted by Gasteiger charge is 2.58. The van der Waals surface area contributed by atoms with Gasteiger partial charge in [-0.1, -0.05) is 0 Å². The minimum Gasteiger partial charge on any atom is -0.463 e. The van der Waals surface area contributed by atoms with Crippen LogP contribution >= 0.6 is 0 Å². The average Bonchev–Trinajstić information content (AvgIpc) is 2.93. The second-order valence-corrected chi connectivity index (χ2v) is 5.37. The fourth-order valence-corrected chi connectivity index (χ4v) is 2.13. The third-order valence-electron chi connectivity index (χ3n) is 3.61. The number of nitrogens with zero attached hydrogens (tertiary/aromatic N) is 1. The third kappa shape index (κ3) is 3.43. The lowest BCUT2D eigenvalue weighted by molar-refractivity contribution is -0.273. The van der Waals surface area contributed by atoms with Gasteiger partial charge in [-0.25, -0.2) is 4.39 Å². The van der Waals surface area contributed by atoms with Gasteiger partial charge in [-0.3, -0.25) is 4.79 Å². The van der Waals surface area contributed by atoms with Crippen molar-refractivity contribution in [2.24, 2.45) is 0 Å². The minimum atomic E-state index is -5.11. The highest BCUT2D eigenvalue weighted by Crippen LogP contribution is 2.42. The molecular formula is C16H15F4NO3. The standard InChI is InChI=1S/C16H15F4NO3/c1-10-3-8-13(24-10)15(23,16(18,19)20)9-14(22)21(2)12-6-4-11(17)5-7-12/h3-8,23H,9H2,1-2H3. The zero-order chi connectivity index (χ0) is 18.1. The van der Waals surface area contributed by atoms with Gasteiger partial charge in [0.1, 0.15) is 17.3 Å². The number of rotatable bonds is 4. The normalized spacial score (nSPS) is 14.3. The molecule has 2 rings (SSSR count). The number of carbonyl (C=O) groups excluding carboxylic acids is 1. The predicted molar refractivity (Wildman–Crippen MR) is 77.8 cm³/mol. The number of furan rings is 1. The van der Waals surface area contributed by atoms with Crippen LogP contribution in [-0.2, 0) is 10.4 Å². The Bertz CT molecular complexity index is 724. The van der Waals surface area contributed by atoms with Crippen LogP contribution in [0.1, 0.15) is 17.9 Å². The quantitative estimate of drug-likeness (QED) is 0.863. The summed E-state index contributed by atoms with van der Waals surface area (Å²) >= 11 is 0. The first-order chi connectivity index (χ1) is 11.0. The van der Waals surface area contributed by atoms with Crippen LogP contribution in [0.3, 0.4) is 0 Å². The van der Waals surface area contributed by atoms with Crippen LogP contribution in [0.5, 0.6) is 0 Å². The van der Waals surface area contributed by atoms with E-state index in [2.05, 4.69) is 0 Å². The number of alkyl halides is 3. The van der Waals surface area contributed by atoms with Gasteiger partial charge in [-0.2, -0.15) is 13.2 Å². The second-order valence-electron chi connectivity index (χ2n) is 5.37. The van der Waals surface area contributed by atoms with Gasteiger partial charge < -0.3 is 14.4 Å².